The van der Waals surface area contributed by atoms with Crippen molar-refractivity contribution < 1.29 is 9.84 Å². The number of para-hydroxylation sites is 1. The summed E-state index contributed by atoms with van der Waals surface area (Å²) in [6.45, 7) is 13.8. The van der Waals surface area contributed by atoms with Crippen LogP contribution in [0.15, 0.2) is 71.7 Å². The molecule has 0 bridgehead atoms. The third kappa shape index (κ3) is 5.07. The molecule has 0 unspecified atom stereocenters. The van der Waals surface area contributed by atoms with Gasteiger partial charge in [0.15, 0.2) is 0 Å². The number of rotatable bonds is 7. The highest BCUT2D eigenvalue weighted by molar-refractivity contribution is 6.13. The van der Waals surface area contributed by atoms with Gasteiger partial charge in [-0.25, -0.2) is 4.98 Å². The van der Waals surface area contributed by atoms with Gasteiger partial charge in [-0.05, 0) is 78.0 Å². The topological polar surface area (TPSA) is 58.0 Å². The third-order valence-electron chi connectivity index (χ3n) is 8.62. The number of nitrogens with zero attached hydrogens (tertiary/aromatic N) is 3. The van der Waals surface area contributed by atoms with E-state index in [1.807, 2.05) is 36.4 Å². The van der Waals surface area contributed by atoms with Gasteiger partial charge in [0, 0.05) is 22.7 Å². The quantitative estimate of drug-likeness (QED) is 0.250. The largest absolute Gasteiger partial charge is 0.506 e. The van der Waals surface area contributed by atoms with Gasteiger partial charge in [-0.1, -0.05) is 77.9 Å². The minimum atomic E-state index is 0.148. The van der Waals surface area contributed by atoms with Crippen LogP contribution in [-0.4, -0.2) is 28.0 Å². The zero-order valence-corrected chi connectivity index (χ0v) is 25.1. The maximum absolute atomic E-state index is 10.3. The molecule has 1 aromatic heterocycles. The van der Waals surface area contributed by atoms with Gasteiger partial charge in [-0.3, -0.25) is 4.99 Å². The highest BCUT2D eigenvalue weighted by Crippen LogP contribution is 2.45. The predicted octanol–water partition coefficient (Wildman–Crippen LogP) is 9.29. The number of hydrogen-bond acceptors (Lipinski definition) is 5. The number of aromatic hydroxyl groups is 1. The Kier molecular flexibility index (Phi) is 7.23. The molecule has 212 valence electrons. The number of anilines is 1. The standard InChI is InChI=1S/C36H41N3O2/c1-21(2)26-19-28(22(3)4)35(29(20-26)23(5)6)39-31-14-9-13-30(31)37-36(39)25-11-7-12-27(18-25)41-33-17-16-24-10-8-15-32(40)34(24)38-33/h7-8,10-12,15-23,30-31,40H,9,13-14H2,1-6H3/t30-,31-/m0/s1. The number of aliphatic imine (C=N–C) groups is 1. The fourth-order valence-electron chi connectivity index (χ4n) is 6.42. The number of aromatic nitrogens is 1. The summed E-state index contributed by atoms with van der Waals surface area (Å²) in [7, 11) is 0. The Hall–Kier alpha value is -3.86. The molecule has 1 aliphatic heterocycles. The van der Waals surface area contributed by atoms with Crippen molar-refractivity contribution in [2.75, 3.05) is 4.90 Å². The fraction of sp³-hybridized carbons (Fsp3) is 0.389. The number of amidine groups is 1. The average Bonchev–Trinajstić information content (AvgIpc) is 3.54. The monoisotopic (exact) mass is 547 g/mol. The van der Waals surface area contributed by atoms with Crippen molar-refractivity contribution in [2.45, 2.75) is 90.6 Å². The van der Waals surface area contributed by atoms with E-state index in [1.54, 1.807) is 6.07 Å². The van der Waals surface area contributed by atoms with E-state index in [1.165, 1.54) is 28.8 Å². The molecular formula is C36H41N3O2. The first kappa shape index (κ1) is 27.3. The van der Waals surface area contributed by atoms with Gasteiger partial charge in [0.05, 0.1) is 12.1 Å². The molecule has 1 fully saturated rings. The van der Waals surface area contributed by atoms with E-state index >= 15 is 0 Å². The Morgan fingerprint density at radius 3 is 2.27 bits per heavy atom. The van der Waals surface area contributed by atoms with E-state index in [0.29, 0.717) is 47.0 Å². The molecule has 4 aromatic rings. The van der Waals surface area contributed by atoms with E-state index in [-0.39, 0.29) is 5.75 Å². The molecule has 2 aliphatic rings. The first-order valence-corrected chi connectivity index (χ1v) is 15.1. The first-order chi connectivity index (χ1) is 19.7. The minimum Gasteiger partial charge on any atom is -0.506 e. The van der Waals surface area contributed by atoms with Crippen molar-refractivity contribution in [3.8, 4) is 17.4 Å². The zero-order valence-electron chi connectivity index (χ0n) is 25.1. The van der Waals surface area contributed by atoms with Crippen LogP contribution in [-0.2, 0) is 0 Å². The Bertz CT molecular complexity index is 1590. The lowest BCUT2D eigenvalue weighted by atomic mass is 9.86. The molecule has 0 amide bonds. The van der Waals surface area contributed by atoms with Crippen LogP contribution in [0.3, 0.4) is 0 Å². The number of phenols is 1. The maximum atomic E-state index is 10.3. The molecule has 6 rings (SSSR count). The van der Waals surface area contributed by atoms with E-state index in [9.17, 15) is 5.11 Å². The summed E-state index contributed by atoms with van der Waals surface area (Å²) in [6.07, 6.45) is 3.49. The molecule has 41 heavy (non-hydrogen) atoms. The molecule has 0 radical (unpaired) electrons. The molecule has 3 aromatic carbocycles. The lowest BCUT2D eigenvalue weighted by Crippen LogP contribution is -2.39. The Morgan fingerprint density at radius 1 is 0.829 bits per heavy atom. The van der Waals surface area contributed by atoms with Crippen LogP contribution in [0.4, 0.5) is 5.69 Å². The Morgan fingerprint density at radius 2 is 1.56 bits per heavy atom. The summed E-state index contributed by atoms with van der Waals surface area (Å²) < 4.78 is 6.25. The van der Waals surface area contributed by atoms with Crippen molar-refractivity contribution in [3.63, 3.8) is 0 Å². The summed E-state index contributed by atoms with van der Waals surface area (Å²) in [4.78, 5) is 12.5. The van der Waals surface area contributed by atoms with E-state index in [2.05, 4.69) is 75.7 Å². The minimum absolute atomic E-state index is 0.148. The van der Waals surface area contributed by atoms with Gasteiger partial charge in [-0.15, -0.1) is 0 Å². The lowest BCUT2D eigenvalue weighted by molar-refractivity contribution is 0.460. The fourth-order valence-corrected chi connectivity index (χ4v) is 6.42. The van der Waals surface area contributed by atoms with Gasteiger partial charge < -0.3 is 14.7 Å². The van der Waals surface area contributed by atoms with E-state index in [4.69, 9.17) is 9.73 Å². The van der Waals surface area contributed by atoms with Crippen LogP contribution in [0.2, 0.25) is 0 Å². The molecule has 0 spiro atoms. The molecule has 1 N–H and O–H groups in total. The molecule has 5 heteroatoms. The smallest absolute Gasteiger partial charge is 0.219 e. The molecule has 2 heterocycles. The predicted molar refractivity (Wildman–Crippen MR) is 169 cm³/mol. The number of ether oxygens (including phenoxy) is 1. The average molecular weight is 548 g/mol. The second-order valence-corrected chi connectivity index (χ2v) is 12.5. The molecule has 0 saturated heterocycles. The SMILES string of the molecule is CC(C)c1cc(C(C)C)c(N2C(c3cccc(Oc4ccc5cccc(O)c5n4)c3)=N[C@H]3CCC[C@@H]32)c(C(C)C)c1. The Labute approximate surface area is 243 Å². The summed E-state index contributed by atoms with van der Waals surface area (Å²) in [5.41, 5.74) is 7.17. The summed E-state index contributed by atoms with van der Waals surface area (Å²) in [5.74, 6) is 3.61. The van der Waals surface area contributed by atoms with Gasteiger partial charge in [0.1, 0.15) is 22.9 Å². The third-order valence-corrected chi connectivity index (χ3v) is 8.62. The molecule has 2 atom stereocenters. The maximum Gasteiger partial charge on any atom is 0.219 e. The number of hydrogen-bond donors (Lipinski definition) is 1. The summed E-state index contributed by atoms with van der Waals surface area (Å²) in [5, 5.41) is 11.2. The van der Waals surface area contributed by atoms with Crippen LogP contribution in [0.1, 0.15) is 101 Å². The molecular weight excluding hydrogens is 506 g/mol. The van der Waals surface area contributed by atoms with Gasteiger partial charge in [-0.2, -0.15) is 0 Å². The number of phenolic OH excluding ortho intramolecular Hbond substituents is 1. The van der Waals surface area contributed by atoms with E-state index < -0.39 is 0 Å². The summed E-state index contributed by atoms with van der Waals surface area (Å²) in [6, 6.07) is 22.9. The van der Waals surface area contributed by atoms with Crippen LogP contribution >= 0.6 is 0 Å². The summed E-state index contributed by atoms with van der Waals surface area (Å²) >= 11 is 0. The van der Waals surface area contributed by atoms with Crippen molar-refractivity contribution in [3.05, 3.63) is 89.0 Å². The van der Waals surface area contributed by atoms with Crippen LogP contribution in [0.5, 0.6) is 17.4 Å². The van der Waals surface area contributed by atoms with Gasteiger partial charge >= 0.3 is 0 Å². The van der Waals surface area contributed by atoms with Crippen LogP contribution in [0, 0.1) is 0 Å². The van der Waals surface area contributed by atoms with Crippen LogP contribution < -0.4 is 9.64 Å². The van der Waals surface area contributed by atoms with Crippen molar-refractivity contribution in [1.82, 2.24) is 4.98 Å². The van der Waals surface area contributed by atoms with Crippen LogP contribution in [0.25, 0.3) is 10.9 Å². The number of benzene rings is 3. The molecule has 1 aliphatic carbocycles. The molecule has 1 saturated carbocycles. The van der Waals surface area contributed by atoms with Gasteiger partial charge in [0.25, 0.3) is 0 Å². The number of pyridine rings is 1. The number of fused-ring (bicyclic) bond motifs is 2. The lowest BCUT2D eigenvalue weighted by Gasteiger charge is -2.34. The second-order valence-electron chi connectivity index (χ2n) is 12.5. The zero-order chi connectivity index (χ0) is 28.8. The van der Waals surface area contributed by atoms with Crippen molar-refractivity contribution in [2.24, 2.45) is 4.99 Å². The normalized spacial score (nSPS) is 18.6. The highest BCUT2D eigenvalue weighted by atomic mass is 16.5. The van der Waals surface area contributed by atoms with Crippen molar-refractivity contribution >= 4 is 22.4 Å². The highest BCUT2D eigenvalue weighted by Gasteiger charge is 2.42. The van der Waals surface area contributed by atoms with E-state index in [0.717, 1.165) is 29.6 Å². The molecule has 5 nitrogen and oxygen atoms in total. The van der Waals surface area contributed by atoms with Crippen molar-refractivity contribution in [1.29, 1.82) is 0 Å². The second kappa shape index (κ2) is 10.8. The van der Waals surface area contributed by atoms with Gasteiger partial charge in [0.2, 0.25) is 5.88 Å². The first-order valence-electron chi connectivity index (χ1n) is 15.1. The Balaban J connectivity index is 1.43.